The van der Waals surface area contributed by atoms with E-state index in [1.54, 1.807) is 0 Å². The van der Waals surface area contributed by atoms with E-state index < -0.39 is 6.04 Å². The molecule has 1 heterocycles. The molecule has 2 amide bonds. The standard InChI is InChI=1S/C15H29N3O2.ClH/c1-4-6-14(19)17-12-7-5-8-18(10-12)15(20)13(16)9-11(2)3;/h11-13H,4-10,16H2,1-3H3,(H,17,19);1H/t12?,13-;/m0./s1. The molecule has 21 heavy (non-hydrogen) atoms. The van der Waals surface area contributed by atoms with Gasteiger partial charge in [0.25, 0.3) is 0 Å². The molecule has 0 aromatic carbocycles. The Morgan fingerprint density at radius 1 is 1.38 bits per heavy atom. The monoisotopic (exact) mass is 319 g/mol. The van der Waals surface area contributed by atoms with Crippen molar-refractivity contribution in [3.05, 3.63) is 0 Å². The van der Waals surface area contributed by atoms with E-state index >= 15 is 0 Å². The Hall–Kier alpha value is -0.810. The maximum atomic E-state index is 12.3. The highest BCUT2D eigenvalue weighted by Crippen LogP contribution is 2.13. The molecule has 1 rings (SSSR count). The van der Waals surface area contributed by atoms with Crippen molar-refractivity contribution < 1.29 is 9.59 Å². The van der Waals surface area contributed by atoms with Gasteiger partial charge < -0.3 is 16.0 Å². The molecular weight excluding hydrogens is 290 g/mol. The van der Waals surface area contributed by atoms with Crippen LogP contribution in [0.15, 0.2) is 0 Å². The summed E-state index contributed by atoms with van der Waals surface area (Å²) in [7, 11) is 0. The molecule has 0 aromatic heterocycles. The predicted octanol–water partition coefficient (Wildman–Crippen LogP) is 1.69. The maximum absolute atomic E-state index is 12.3. The molecule has 6 heteroatoms. The summed E-state index contributed by atoms with van der Waals surface area (Å²) in [5, 5.41) is 3.01. The fourth-order valence-corrected chi connectivity index (χ4v) is 2.67. The number of nitrogens with one attached hydrogen (secondary N) is 1. The predicted molar refractivity (Wildman–Crippen MR) is 87.3 cm³/mol. The van der Waals surface area contributed by atoms with Crippen molar-refractivity contribution in [2.24, 2.45) is 11.7 Å². The van der Waals surface area contributed by atoms with Crippen LogP contribution in [0.25, 0.3) is 0 Å². The quantitative estimate of drug-likeness (QED) is 0.782. The fraction of sp³-hybridized carbons (Fsp3) is 0.867. The van der Waals surface area contributed by atoms with Gasteiger partial charge in [0.1, 0.15) is 0 Å². The van der Waals surface area contributed by atoms with Crippen LogP contribution >= 0.6 is 12.4 Å². The summed E-state index contributed by atoms with van der Waals surface area (Å²) < 4.78 is 0. The van der Waals surface area contributed by atoms with Crippen molar-refractivity contribution in [3.63, 3.8) is 0 Å². The molecule has 1 aliphatic heterocycles. The number of carbonyl (C=O) groups excluding carboxylic acids is 2. The first-order valence-electron chi connectivity index (χ1n) is 7.77. The van der Waals surface area contributed by atoms with E-state index in [1.165, 1.54) is 0 Å². The summed E-state index contributed by atoms with van der Waals surface area (Å²) in [4.78, 5) is 25.7. The van der Waals surface area contributed by atoms with E-state index in [-0.39, 0.29) is 30.3 Å². The van der Waals surface area contributed by atoms with Crippen LogP contribution in [0.2, 0.25) is 0 Å². The van der Waals surface area contributed by atoms with Gasteiger partial charge in [-0.15, -0.1) is 12.4 Å². The average Bonchev–Trinajstić information content (AvgIpc) is 2.37. The Bertz CT molecular complexity index is 337. The Morgan fingerprint density at radius 2 is 2.05 bits per heavy atom. The largest absolute Gasteiger partial charge is 0.352 e. The van der Waals surface area contributed by atoms with Gasteiger partial charge in [-0.2, -0.15) is 0 Å². The van der Waals surface area contributed by atoms with Crippen LogP contribution in [0.3, 0.4) is 0 Å². The second-order valence-electron chi connectivity index (χ2n) is 6.18. The summed E-state index contributed by atoms with van der Waals surface area (Å²) in [5.74, 6) is 0.519. The third-order valence-electron chi connectivity index (χ3n) is 3.62. The van der Waals surface area contributed by atoms with Gasteiger partial charge in [0.2, 0.25) is 11.8 Å². The molecule has 5 nitrogen and oxygen atoms in total. The van der Waals surface area contributed by atoms with E-state index in [2.05, 4.69) is 19.2 Å². The smallest absolute Gasteiger partial charge is 0.239 e. The van der Waals surface area contributed by atoms with E-state index in [0.717, 1.165) is 25.8 Å². The van der Waals surface area contributed by atoms with E-state index in [4.69, 9.17) is 5.73 Å². The van der Waals surface area contributed by atoms with Gasteiger partial charge in [-0.3, -0.25) is 9.59 Å². The number of piperidine rings is 1. The molecule has 0 radical (unpaired) electrons. The van der Waals surface area contributed by atoms with Crippen LogP contribution < -0.4 is 11.1 Å². The highest BCUT2D eigenvalue weighted by Gasteiger charge is 2.27. The van der Waals surface area contributed by atoms with Crippen LogP contribution in [0.4, 0.5) is 0 Å². The van der Waals surface area contributed by atoms with Crippen LogP contribution in [-0.2, 0) is 9.59 Å². The number of likely N-dealkylation sites (tertiary alicyclic amines) is 1. The van der Waals surface area contributed by atoms with E-state index in [9.17, 15) is 9.59 Å². The van der Waals surface area contributed by atoms with Crippen LogP contribution in [-0.4, -0.2) is 41.9 Å². The van der Waals surface area contributed by atoms with Gasteiger partial charge in [0, 0.05) is 25.6 Å². The Morgan fingerprint density at radius 3 is 2.62 bits per heavy atom. The highest BCUT2D eigenvalue weighted by atomic mass is 35.5. The number of nitrogens with two attached hydrogens (primary N) is 1. The van der Waals surface area contributed by atoms with Gasteiger partial charge in [-0.25, -0.2) is 0 Å². The number of hydrogen-bond donors (Lipinski definition) is 2. The van der Waals surface area contributed by atoms with Crippen LogP contribution in [0, 0.1) is 5.92 Å². The molecule has 0 spiro atoms. The third-order valence-corrected chi connectivity index (χ3v) is 3.62. The van der Waals surface area contributed by atoms with E-state index in [0.29, 0.717) is 25.3 Å². The first-order valence-corrected chi connectivity index (χ1v) is 7.77. The molecule has 1 aliphatic rings. The molecule has 1 fully saturated rings. The van der Waals surface area contributed by atoms with Crippen molar-refractivity contribution >= 4 is 24.2 Å². The second kappa shape index (κ2) is 10.0. The normalized spacial score (nSPS) is 19.9. The first-order chi connectivity index (χ1) is 9.43. The molecule has 0 saturated carbocycles. The minimum Gasteiger partial charge on any atom is -0.352 e. The van der Waals surface area contributed by atoms with Crippen molar-refractivity contribution in [2.75, 3.05) is 13.1 Å². The van der Waals surface area contributed by atoms with Crippen molar-refractivity contribution in [1.82, 2.24) is 10.2 Å². The molecule has 2 atom stereocenters. The lowest BCUT2D eigenvalue weighted by molar-refractivity contribution is -0.135. The number of rotatable bonds is 6. The molecule has 0 aliphatic carbocycles. The Balaban J connectivity index is 0.00000400. The highest BCUT2D eigenvalue weighted by molar-refractivity contribution is 5.85. The van der Waals surface area contributed by atoms with Gasteiger partial charge in [0.05, 0.1) is 6.04 Å². The second-order valence-corrected chi connectivity index (χ2v) is 6.18. The number of halogens is 1. The zero-order valence-electron chi connectivity index (χ0n) is 13.4. The van der Waals surface area contributed by atoms with Crippen LogP contribution in [0.5, 0.6) is 0 Å². The molecule has 0 bridgehead atoms. The first kappa shape index (κ1) is 20.2. The van der Waals surface area contributed by atoms with Gasteiger partial charge in [-0.1, -0.05) is 20.8 Å². The zero-order chi connectivity index (χ0) is 15.1. The van der Waals surface area contributed by atoms with Crippen molar-refractivity contribution in [1.29, 1.82) is 0 Å². The molecule has 124 valence electrons. The number of carbonyl (C=O) groups is 2. The van der Waals surface area contributed by atoms with Gasteiger partial charge in [0.15, 0.2) is 0 Å². The minimum absolute atomic E-state index is 0. The lowest BCUT2D eigenvalue weighted by atomic mass is 10.0. The summed E-state index contributed by atoms with van der Waals surface area (Å²) in [5.41, 5.74) is 5.96. The molecule has 0 aromatic rings. The van der Waals surface area contributed by atoms with Crippen molar-refractivity contribution in [2.45, 2.75) is 65.0 Å². The summed E-state index contributed by atoms with van der Waals surface area (Å²) in [6.45, 7) is 7.47. The summed E-state index contributed by atoms with van der Waals surface area (Å²) in [6.07, 6.45) is 3.98. The Kier molecular flexibility index (Phi) is 9.62. The zero-order valence-corrected chi connectivity index (χ0v) is 14.2. The maximum Gasteiger partial charge on any atom is 0.239 e. The number of amides is 2. The SMILES string of the molecule is CCCC(=O)NC1CCCN(C(=O)[C@@H](N)CC(C)C)C1.Cl. The van der Waals surface area contributed by atoms with Gasteiger partial charge in [-0.05, 0) is 31.6 Å². The lowest BCUT2D eigenvalue weighted by Gasteiger charge is -2.34. The fourth-order valence-electron chi connectivity index (χ4n) is 2.67. The molecule has 1 saturated heterocycles. The van der Waals surface area contributed by atoms with Crippen LogP contribution in [0.1, 0.15) is 52.9 Å². The number of nitrogens with zero attached hydrogens (tertiary/aromatic N) is 1. The third kappa shape index (κ3) is 7.14. The average molecular weight is 320 g/mol. The van der Waals surface area contributed by atoms with Gasteiger partial charge >= 0.3 is 0 Å². The summed E-state index contributed by atoms with van der Waals surface area (Å²) >= 11 is 0. The minimum atomic E-state index is -0.417. The molecular formula is C15H30ClN3O2. The summed E-state index contributed by atoms with van der Waals surface area (Å²) in [6, 6.07) is -0.335. The lowest BCUT2D eigenvalue weighted by Crippen LogP contribution is -2.53. The number of hydrogen-bond acceptors (Lipinski definition) is 3. The molecule has 1 unspecified atom stereocenters. The topological polar surface area (TPSA) is 75.4 Å². The van der Waals surface area contributed by atoms with Crippen molar-refractivity contribution in [3.8, 4) is 0 Å². The Labute approximate surface area is 134 Å². The molecule has 3 N–H and O–H groups in total. The van der Waals surface area contributed by atoms with E-state index in [1.807, 2.05) is 11.8 Å².